The van der Waals surface area contributed by atoms with Crippen molar-refractivity contribution in [3.05, 3.63) is 98.7 Å². The Kier molecular flexibility index (Phi) is 12.2. The summed E-state index contributed by atoms with van der Waals surface area (Å²) < 4.78 is 7.17. The number of nitro benzene ring substituents is 1. The summed E-state index contributed by atoms with van der Waals surface area (Å²) in [6.45, 7) is 22.6. The fourth-order valence-electron chi connectivity index (χ4n) is 6.38. The van der Waals surface area contributed by atoms with Crippen LogP contribution in [0, 0.1) is 36.4 Å². The molecule has 0 N–H and O–H groups in total. The molecule has 0 spiro atoms. The molecule has 0 bridgehead atoms. The van der Waals surface area contributed by atoms with Crippen LogP contribution in [-0.4, -0.2) is 26.1 Å². The zero-order chi connectivity index (χ0) is 32.1. The third-order valence-electron chi connectivity index (χ3n) is 8.09. The van der Waals surface area contributed by atoms with E-state index in [-0.39, 0.29) is 22.7 Å². The number of benzene rings is 2. The van der Waals surface area contributed by atoms with E-state index in [4.69, 9.17) is 24.1 Å². The van der Waals surface area contributed by atoms with Crippen molar-refractivity contribution in [2.24, 2.45) is 5.92 Å². The summed E-state index contributed by atoms with van der Waals surface area (Å²) in [5, 5.41) is 10.7. The number of non-ortho nitro benzene ring substituents is 1. The van der Waals surface area contributed by atoms with E-state index in [2.05, 4.69) is 90.3 Å². The fraction of sp³-hybridized carbons (Fsp3) is 0.486. The van der Waals surface area contributed by atoms with Crippen molar-refractivity contribution in [2.75, 3.05) is 0 Å². The van der Waals surface area contributed by atoms with Crippen LogP contribution in [-0.2, 0) is 18.9 Å². The van der Waals surface area contributed by atoms with E-state index in [1.807, 2.05) is 13.8 Å². The largest absolute Gasteiger partial charge is 0.520 e. The molecule has 1 heterocycles. The second-order valence-corrected chi connectivity index (χ2v) is 18.5. The number of aryl methyl sites for hydroxylation is 2. The van der Waals surface area contributed by atoms with Crippen LogP contribution in [0.5, 0.6) is 5.75 Å². The molecule has 238 valence electrons. The minimum absolute atomic E-state index is 0.00360. The maximum Gasteiger partial charge on any atom is 0.00420 e. The maximum atomic E-state index is 10.7. The Morgan fingerprint density at radius 3 is 2.33 bits per heavy atom. The molecule has 2 aliphatic rings. The summed E-state index contributed by atoms with van der Waals surface area (Å²) in [7, 11) is 11.6. The summed E-state index contributed by atoms with van der Waals surface area (Å²) >= 11 is -2.05. The van der Waals surface area contributed by atoms with E-state index in [0.29, 0.717) is 17.2 Å². The fourth-order valence-corrected chi connectivity index (χ4v) is 8.17. The molecule has 1 saturated heterocycles. The number of hydrogen-bond donors (Lipinski definition) is 0. The van der Waals surface area contributed by atoms with Crippen LogP contribution in [0.15, 0.2) is 59.8 Å². The molecule has 1 aliphatic carbocycles. The van der Waals surface area contributed by atoms with Gasteiger partial charge in [-0.2, -0.15) is 0 Å². The first kappa shape index (κ1) is 35.5. The number of nitrogens with zero attached hydrogens (tertiary/aromatic N) is 2. The predicted octanol–water partition coefficient (Wildman–Crippen LogP) is 10.3. The average Bonchev–Trinajstić information content (AvgIpc) is 3.17. The number of rotatable bonds is 8. The minimum Gasteiger partial charge on any atom is -0.520 e. The van der Waals surface area contributed by atoms with E-state index in [0.717, 1.165) is 12.8 Å². The molecule has 43 heavy (non-hydrogen) atoms. The topological polar surface area (TPSA) is 55.6 Å². The van der Waals surface area contributed by atoms with Crippen molar-refractivity contribution in [2.45, 2.75) is 105 Å². The number of halogens is 2. The monoisotopic (exact) mass is 715 g/mol. The van der Waals surface area contributed by atoms with Gasteiger partial charge in [0.15, 0.2) is 0 Å². The molecule has 4 rings (SSSR count). The number of ether oxygens (including phenoxy) is 1. The van der Waals surface area contributed by atoms with Crippen molar-refractivity contribution in [3.63, 3.8) is 0 Å². The van der Waals surface area contributed by atoms with Gasteiger partial charge in [0.05, 0.1) is 0 Å². The van der Waals surface area contributed by atoms with Gasteiger partial charge in [0, 0.05) is 5.54 Å². The first-order chi connectivity index (χ1) is 20.1. The van der Waals surface area contributed by atoms with E-state index >= 15 is 0 Å². The van der Waals surface area contributed by atoms with E-state index in [1.54, 1.807) is 16.4 Å². The first-order valence-electron chi connectivity index (χ1n) is 15.0. The van der Waals surface area contributed by atoms with Crippen LogP contribution >= 0.6 is 19.4 Å². The summed E-state index contributed by atoms with van der Waals surface area (Å²) in [6.07, 6.45) is 9.39. The summed E-state index contributed by atoms with van der Waals surface area (Å²) in [6, 6.07) is 11.4. The molecular formula is C35H47Cl2N2O3Ru-. The van der Waals surface area contributed by atoms with Gasteiger partial charge >= 0.3 is 112 Å². The zero-order valence-corrected chi connectivity index (χ0v) is 30.2. The zero-order valence-electron chi connectivity index (χ0n) is 27.0. The molecule has 0 radical (unpaired) electrons. The molecular weight excluding hydrogens is 668 g/mol. The minimum atomic E-state index is -2.05. The quantitative estimate of drug-likeness (QED) is 0.118. The van der Waals surface area contributed by atoms with Crippen molar-refractivity contribution >= 4 is 29.7 Å². The van der Waals surface area contributed by atoms with Gasteiger partial charge in [-0.25, -0.2) is 6.54 Å². The molecule has 1 aliphatic heterocycles. The Morgan fingerprint density at radius 1 is 1.14 bits per heavy atom. The summed E-state index contributed by atoms with van der Waals surface area (Å²) in [5.74, 6) is 1.21. The molecule has 2 aromatic rings. The Balaban J connectivity index is 0.000000259. The third-order valence-corrected chi connectivity index (χ3v) is 9.92. The molecule has 8 heteroatoms. The molecule has 1 fully saturated rings. The standard InChI is InChI=1S/C25H36N.C10H11NO3.2ClH.Ru/c1-8-20-11-10-12-21(9-2)23(20)26-17-25(7,16-24(26,5)6)22-14-18(3)13-19(4)15-22;1-7(2)14-10-5-4-9(11(12)13)6-8(10)3;;;/h10-11,13-15,17,21H,8-9,12,16H2,1-7H3;3-7H,1-2H3;2*1H;/q-1;;;;+2/p-2/t21-,25?;;;;/m0..../s1. The van der Waals surface area contributed by atoms with Crippen LogP contribution in [0.1, 0.15) is 96.4 Å². The van der Waals surface area contributed by atoms with Crippen LogP contribution in [0.3, 0.4) is 0 Å². The first-order valence-corrected chi connectivity index (χ1v) is 20.5. The van der Waals surface area contributed by atoms with E-state index < -0.39 is 18.4 Å². The Labute approximate surface area is 272 Å². The van der Waals surface area contributed by atoms with E-state index in [9.17, 15) is 10.1 Å². The Hall–Kier alpha value is -2.01. The van der Waals surface area contributed by atoms with Crippen molar-refractivity contribution in [1.29, 1.82) is 0 Å². The van der Waals surface area contributed by atoms with Gasteiger partial charge in [-0.15, -0.1) is 5.41 Å². The van der Waals surface area contributed by atoms with Crippen LogP contribution in [0.4, 0.5) is 5.69 Å². The van der Waals surface area contributed by atoms with Gasteiger partial charge in [-0.3, -0.25) is 0 Å². The van der Waals surface area contributed by atoms with Crippen molar-refractivity contribution < 1.29 is 23.2 Å². The number of likely N-dealkylation sites (tertiary alicyclic amines) is 1. The molecule has 0 amide bonds. The SMILES string of the molecule is CC(C)Oc1ccc([N+](=O)[O-])cc1[CH]=[Ru]([Cl])[Cl].CCC1=C(N2[CH-]C(C)(c3cc(C)cc(C)c3)CC2(C)C)[C@@H](CC)CC=C1. The summed E-state index contributed by atoms with van der Waals surface area (Å²) in [4.78, 5) is 12.9. The number of allylic oxidation sites excluding steroid dienone is 4. The smallest absolute Gasteiger partial charge is 0.00420 e. The maximum absolute atomic E-state index is 10.7. The van der Waals surface area contributed by atoms with Gasteiger partial charge in [0.2, 0.25) is 0 Å². The molecule has 2 atom stereocenters. The second kappa shape index (κ2) is 14.8. The number of nitro groups is 1. The van der Waals surface area contributed by atoms with Crippen LogP contribution < -0.4 is 4.74 Å². The summed E-state index contributed by atoms with van der Waals surface area (Å²) in [5.41, 5.74) is 8.11. The van der Waals surface area contributed by atoms with Gasteiger partial charge in [-0.1, -0.05) is 67.8 Å². The molecule has 5 nitrogen and oxygen atoms in total. The molecule has 0 aromatic heterocycles. The molecule has 0 saturated carbocycles. The Morgan fingerprint density at radius 2 is 1.79 bits per heavy atom. The predicted molar refractivity (Wildman–Crippen MR) is 179 cm³/mol. The Bertz CT molecular complexity index is 1390. The van der Waals surface area contributed by atoms with Crippen molar-refractivity contribution in [3.8, 4) is 5.75 Å². The van der Waals surface area contributed by atoms with Crippen LogP contribution in [0.2, 0.25) is 0 Å². The van der Waals surface area contributed by atoms with Gasteiger partial charge in [0.1, 0.15) is 0 Å². The molecule has 2 aromatic carbocycles. The van der Waals surface area contributed by atoms with Crippen LogP contribution in [0.25, 0.3) is 0 Å². The van der Waals surface area contributed by atoms with Gasteiger partial charge in [-0.05, 0) is 70.6 Å². The van der Waals surface area contributed by atoms with Gasteiger partial charge in [0.25, 0.3) is 0 Å². The number of hydrogen-bond acceptors (Lipinski definition) is 4. The molecule has 1 unspecified atom stereocenters. The van der Waals surface area contributed by atoms with Crippen molar-refractivity contribution in [1.82, 2.24) is 4.90 Å². The third kappa shape index (κ3) is 9.02. The van der Waals surface area contributed by atoms with Gasteiger partial charge < -0.3 is 4.90 Å². The average molecular weight is 716 g/mol. The second-order valence-electron chi connectivity index (χ2n) is 12.7. The van der Waals surface area contributed by atoms with E-state index in [1.165, 1.54) is 47.2 Å². The normalized spacial score (nSPS) is 21.4.